The summed E-state index contributed by atoms with van der Waals surface area (Å²) in [6, 6.07) is 36.4. The molecular weight excluding hydrogens is 698 g/mol. The summed E-state index contributed by atoms with van der Waals surface area (Å²) in [5, 5.41) is 21.3. The third-order valence-corrected chi connectivity index (χ3v) is 14.0. The summed E-state index contributed by atoms with van der Waals surface area (Å²) in [4.78, 5) is 31.9. The third-order valence-electron chi connectivity index (χ3n) is 11.6. The van der Waals surface area contributed by atoms with Gasteiger partial charge >= 0.3 is 0 Å². The van der Waals surface area contributed by atoms with Crippen molar-refractivity contribution in [3.05, 3.63) is 149 Å². The van der Waals surface area contributed by atoms with Crippen molar-refractivity contribution >= 4 is 48.1 Å². The van der Waals surface area contributed by atoms with Crippen LogP contribution in [0.4, 0.5) is 21.2 Å². The largest absolute Gasteiger partial charge is 0.382 e. The Morgan fingerprint density at radius 1 is 0.889 bits per heavy atom. The molecule has 2 amide bonds. The van der Waals surface area contributed by atoms with E-state index >= 15 is 4.11 Å². The van der Waals surface area contributed by atoms with Crippen molar-refractivity contribution in [2.45, 2.75) is 62.9 Å². The van der Waals surface area contributed by atoms with Crippen LogP contribution in [0.5, 0.6) is 0 Å². The number of halogens is 1. The standard InChI is InChI=1S/C43H40FN5O4Si/c1-27-40(54(2,3)44)37(23-24-47-26-34(45-46-47)39(50)30-11-5-4-6-12-30)53-43(27)33-16-7-8-17-35(33)48(42(43)52)25-28-19-21-31(22-20-28)49-36-18-10-14-29-13-9-15-32(38(29)36)41(49)51/h4-22,26-27,37,39-40,50H,23-25H2,1-3H3/t27-,37+,39-,40-,43+/m1/s1. The highest BCUT2D eigenvalue weighted by Gasteiger charge is 2.66. The molecule has 0 unspecified atom stereocenters. The Morgan fingerprint density at radius 2 is 1.59 bits per heavy atom. The summed E-state index contributed by atoms with van der Waals surface area (Å²) < 4.78 is 25.0. The predicted molar refractivity (Wildman–Crippen MR) is 208 cm³/mol. The second-order valence-electron chi connectivity index (χ2n) is 15.2. The van der Waals surface area contributed by atoms with Crippen LogP contribution in [0.3, 0.4) is 0 Å². The summed E-state index contributed by atoms with van der Waals surface area (Å²) in [6.45, 7) is 6.02. The Hall–Kier alpha value is -5.49. The van der Waals surface area contributed by atoms with Crippen molar-refractivity contribution in [1.82, 2.24) is 15.0 Å². The van der Waals surface area contributed by atoms with Crippen molar-refractivity contribution < 1.29 is 23.5 Å². The zero-order chi connectivity index (χ0) is 37.4. The molecule has 54 heavy (non-hydrogen) atoms. The second-order valence-corrected chi connectivity index (χ2v) is 19.0. The number of benzene rings is 5. The lowest BCUT2D eigenvalue weighted by atomic mass is 9.82. The maximum atomic E-state index is 16.4. The molecule has 6 aromatic rings. The Morgan fingerprint density at radius 3 is 2.35 bits per heavy atom. The van der Waals surface area contributed by atoms with Gasteiger partial charge in [0, 0.05) is 34.6 Å². The summed E-state index contributed by atoms with van der Waals surface area (Å²) in [6.07, 6.45) is 0.674. The lowest BCUT2D eigenvalue weighted by Crippen LogP contribution is -2.45. The van der Waals surface area contributed by atoms with Crippen LogP contribution >= 0.6 is 0 Å². The van der Waals surface area contributed by atoms with Crippen LogP contribution in [-0.2, 0) is 28.2 Å². The maximum absolute atomic E-state index is 16.4. The van der Waals surface area contributed by atoms with E-state index in [1.165, 1.54) is 0 Å². The third kappa shape index (κ3) is 5.32. The molecule has 5 aromatic carbocycles. The number of nitrogens with zero attached hydrogens (tertiary/aromatic N) is 5. The Bertz CT molecular complexity index is 2410. The number of hydrogen-bond donors (Lipinski definition) is 1. The van der Waals surface area contributed by atoms with Crippen LogP contribution < -0.4 is 9.80 Å². The van der Waals surface area contributed by atoms with Gasteiger partial charge in [0.25, 0.3) is 11.8 Å². The quantitative estimate of drug-likeness (QED) is 0.119. The first-order valence-electron chi connectivity index (χ1n) is 18.4. The number of hydrogen-bond acceptors (Lipinski definition) is 6. The van der Waals surface area contributed by atoms with E-state index in [9.17, 15) is 14.7 Å². The number of carbonyl (C=O) groups is 2. The van der Waals surface area contributed by atoms with Gasteiger partial charge in [-0.25, -0.2) is 0 Å². The number of ether oxygens (including phenoxy) is 1. The Labute approximate surface area is 313 Å². The highest BCUT2D eigenvalue weighted by molar-refractivity contribution is 6.72. The molecule has 0 radical (unpaired) electrons. The van der Waals surface area contributed by atoms with Crippen LogP contribution in [0.15, 0.2) is 121 Å². The number of amides is 2. The molecule has 9 rings (SSSR count). The molecule has 0 aliphatic carbocycles. The van der Waals surface area contributed by atoms with Gasteiger partial charge in [0.2, 0.25) is 8.41 Å². The van der Waals surface area contributed by atoms with Crippen molar-refractivity contribution in [2.75, 3.05) is 9.80 Å². The topological polar surface area (TPSA) is 101 Å². The molecule has 11 heteroatoms. The van der Waals surface area contributed by atoms with E-state index in [1.807, 2.05) is 122 Å². The lowest BCUT2D eigenvalue weighted by Gasteiger charge is -2.31. The minimum absolute atomic E-state index is 0.0648. The van der Waals surface area contributed by atoms with Gasteiger partial charge in [0.05, 0.1) is 35.8 Å². The number of carbonyl (C=O) groups excluding carboxylic acids is 2. The monoisotopic (exact) mass is 737 g/mol. The highest BCUT2D eigenvalue weighted by atomic mass is 28.4. The van der Waals surface area contributed by atoms with E-state index in [4.69, 9.17) is 4.74 Å². The van der Waals surface area contributed by atoms with Gasteiger partial charge in [0.1, 0.15) is 11.8 Å². The molecule has 9 nitrogen and oxygen atoms in total. The molecular formula is C43H40FN5O4Si. The molecule has 1 N–H and O–H groups in total. The van der Waals surface area contributed by atoms with E-state index in [1.54, 1.807) is 33.8 Å². The molecule has 0 bridgehead atoms. The fourth-order valence-corrected chi connectivity index (χ4v) is 11.7. The molecule has 1 spiro atoms. The molecule has 3 aliphatic heterocycles. The number of para-hydroxylation sites is 1. The van der Waals surface area contributed by atoms with Gasteiger partial charge in [-0.3, -0.25) is 19.2 Å². The van der Waals surface area contributed by atoms with Crippen LogP contribution in [0.1, 0.15) is 52.2 Å². The lowest BCUT2D eigenvalue weighted by molar-refractivity contribution is -0.146. The molecule has 1 saturated heterocycles. The minimum Gasteiger partial charge on any atom is -0.382 e. The van der Waals surface area contributed by atoms with E-state index < -0.39 is 37.7 Å². The number of aliphatic hydroxyl groups is 1. The summed E-state index contributed by atoms with van der Waals surface area (Å²) in [7, 11) is -3.36. The van der Waals surface area contributed by atoms with E-state index in [0.29, 0.717) is 29.8 Å². The summed E-state index contributed by atoms with van der Waals surface area (Å²) >= 11 is 0. The SMILES string of the molecule is C[C@@H]1[C@@H]([Si](C)(C)F)[C@H](CCn2cc([C@H](O)c3ccccc3)nn2)O[C@@]12C(=O)N(Cc1ccc(N3C(=O)c4cccc5cccc3c45)cc1)c1ccccc12. The summed E-state index contributed by atoms with van der Waals surface area (Å²) in [5.41, 5.74) is 4.03. The minimum atomic E-state index is -3.36. The average molecular weight is 738 g/mol. The number of fused-ring (bicyclic) bond motifs is 2. The number of rotatable bonds is 9. The summed E-state index contributed by atoms with van der Waals surface area (Å²) in [5.74, 6) is -0.686. The predicted octanol–water partition coefficient (Wildman–Crippen LogP) is 8.22. The van der Waals surface area contributed by atoms with Gasteiger partial charge in [-0.05, 0) is 66.4 Å². The number of aliphatic hydroxyl groups excluding tert-OH is 1. The molecule has 5 atom stereocenters. The smallest absolute Gasteiger partial charge is 0.264 e. The van der Waals surface area contributed by atoms with Gasteiger partial charge in [0.15, 0.2) is 5.60 Å². The van der Waals surface area contributed by atoms with Gasteiger partial charge < -0.3 is 18.9 Å². The van der Waals surface area contributed by atoms with Crippen LogP contribution in [0.2, 0.25) is 18.6 Å². The molecule has 1 fully saturated rings. The van der Waals surface area contributed by atoms with Crippen LogP contribution in [-0.4, -0.2) is 46.4 Å². The fraction of sp³-hybridized carbons (Fsp3) is 0.256. The highest BCUT2D eigenvalue weighted by Crippen LogP contribution is 2.60. The molecule has 0 saturated carbocycles. The maximum Gasteiger partial charge on any atom is 0.264 e. The fourth-order valence-electron chi connectivity index (χ4n) is 9.15. The molecule has 272 valence electrons. The Kier molecular flexibility index (Phi) is 8.14. The van der Waals surface area contributed by atoms with E-state index in [-0.39, 0.29) is 18.4 Å². The first kappa shape index (κ1) is 34.3. The first-order chi connectivity index (χ1) is 26.1. The van der Waals surface area contributed by atoms with Crippen molar-refractivity contribution in [1.29, 1.82) is 0 Å². The van der Waals surface area contributed by atoms with Crippen LogP contribution in [0, 0.1) is 5.92 Å². The molecule has 3 aliphatic rings. The van der Waals surface area contributed by atoms with Crippen molar-refractivity contribution in [2.24, 2.45) is 5.92 Å². The second kappa shape index (κ2) is 12.8. The molecule has 1 aromatic heterocycles. The number of aryl methyl sites for hydroxylation is 1. The van der Waals surface area contributed by atoms with Crippen molar-refractivity contribution in [3.8, 4) is 0 Å². The van der Waals surface area contributed by atoms with E-state index in [2.05, 4.69) is 10.3 Å². The van der Waals surface area contributed by atoms with Gasteiger partial charge in [-0.15, -0.1) is 5.10 Å². The zero-order valence-corrected chi connectivity index (χ0v) is 31.3. The Balaban J connectivity index is 0.970. The van der Waals surface area contributed by atoms with Crippen LogP contribution in [0.25, 0.3) is 10.8 Å². The van der Waals surface area contributed by atoms with Gasteiger partial charge in [-0.1, -0.05) is 97.1 Å². The van der Waals surface area contributed by atoms with Crippen molar-refractivity contribution in [3.63, 3.8) is 0 Å². The normalized spacial score (nSPS) is 22.5. The molecule has 4 heterocycles. The zero-order valence-electron chi connectivity index (χ0n) is 30.3. The number of aromatic nitrogens is 3. The number of anilines is 3. The van der Waals surface area contributed by atoms with E-state index in [0.717, 1.165) is 39.0 Å². The first-order valence-corrected chi connectivity index (χ1v) is 21.4. The average Bonchev–Trinajstić information content (AvgIpc) is 3.91. The van der Waals surface area contributed by atoms with Gasteiger partial charge in [-0.2, -0.15) is 0 Å².